The molecule has 0 atom stereocenters. The summed E-state index contributed by atoms with van der Waals surface area (Å²) in [6.45, 7) is 4.03. The Bertz CT molecular complexity index is 222. The minimum absolute atomic E-state index is 0.245. The highest BCUT2D eigenvalue weighted by molar-refractivity contribution is 5.98. The lowest BCUT2D eigenvalue weighted by Gasteiger charge is -2.24. The zero-order valence-corrected chi connectivity index (χ0v) is 10.9. The first kappa shape index (κ1) is 15.9. The minimum Gasteiger partial charge on any atom is -0.480 e. The van der Waals surface area contributed by atoms with Crippen LogP contribution in [0.5, 0.6) is 0 Å². The summed E-state index contributed by atoms with van der Waals surface area (Å²) < 4.78 is 0. The van der Waals surface area contributed by atoms with Gasteiger partial charge in [-0.15, -0.1) is 0 Å². The zero-order valence-electron chi connectivity index (χ0n) is 10.9. The van der Waals surface area contributed by atoms with Crippen molar-refractivity contribution in [3.05, 3.63) is 0 Å². The number of carboxylic acid groups (broad SMARTS) is 2. The summed E-state index contributed by atoms with van der Waals surface area (Å²) in [5.41, 5.74) is -1.57. The van der Waals surface area contributed by atoms with Gasteiger partial charge in [-0.05, 0) is 12.8 Å². The first-order valence-electron chi connectivity index (χ1n) is 6.48. The molecule has 0 aromatic carbocycles. The highest BCUT2D eigenvalue weighted by Crippen LogP contribution is 2.32. The van der Waals surface area contributed by atoms with Crippen molar-refractivity contribution in [3.8, 4) is 0 Å². The highest BCUT2D eigenvalue weighted by atomic mass is 16.4. The summed E-state index contributed by atoms with van der Waals surface area (Å²) in [4.78, 5) is 22.5. The summed E-state index contributed by atoms with van der Waals surface area (Å²) in [5.74, 6) is -2.37. The molecule has 0 bridgehead atoms. The zero-order chi connectivity index (χ0) is 13.3. The fourth-order valence-electron chi connectivity index (χ4n) is 2.00. The van der Waals surface area contributed by atoms with Gasteiger partial charge in [0.25, 0.3) is 0 Å². The summed E-state index contributed by atoms with van der Waals surface area (Å²) >= 11 is 0. The molecule has 0 fully saturated rings. The molecule has 0 amide bonds. The summed E-state index contributed by atoms with van der Waals surface area (Å²) in [6.07, 6.45) is 5.52. The quantitative estimate of drug-likeness (QED) is 0.456. The number of unbranched alkanes of at least 4 members (excludes halogenated alkanes) is 4. The van der Waals surface area contributed by atoms with E-state index in [0.717, 1.165) is 25.7 Å². The van der Waals surface area contributed by atoms with Crippen LogP contribution in [0.3, 0.4) is 0 Å². The fraction of sp³-hybridized carbons (Fsp3) is 0.846. The van der Waals surface area contributed by atoms with Gasteiger partial charge in [0.05, 0.1) is 0 Å². The molecule has 0 saturated carbocycles. The molecule has 0 aliphatic rings. The molecule has 0 unspecified atom stereocenters. The van der Waals surface area contributed by atoms with Gasteiger partial charge in [-0.2, -0.15) is 0 Å². The van der Waals surface area contributed by atoms with E-state index >= 15 is 0 Å². The molecule has 0 aliphatic heterocycles. The van der Waals surface area contributed by atoms with Crippen molar-refractivity contribution in [2.24, 2.45) is 5.41 Å². The van der Waals surface area contributed by atoms with E-state index < -0.39 is 17.4 Å². The topological polar surface area (TPSA) is 74.6 Å². The monoisotopic (exact) mass is 244 g/mol. The van der Waals surface area contributed by atoms with Gasteiger partial charge in [-0.25, -0.2) is 0 Å². The SMILES string of the molecule is CCCCCC(CCCCC)(C(=O)O)C(=O)O. The minimum atomic E-state index is -1.57. The standard InChI is InChI=1S/C13H24O4/c1-3-5-7-9-13(11(14)15,12(16)17)10-8-6-4-2/h3-10H2,1-2H3,(H,14,15)(H,16,17). The van der Waals surface area contributed by atoms with Gasteiger partial charge in [-0.1, -0.05) is 52.4 Å². The van der Waals surface area contributed by atoms with Crippen molar-refractivity contribution in [1.82, 2.24) is 0 Å². The van der Waals surface area contributed by atoms with Gasteiger partial charge in [0.1, 0.15) is 0 Å². The van der Waals surface area contributed by atoms with Crippen LogP contribution in [0, 0.1) is 5.41 Å². The van der Waals surface area contributed by atoms with Gasteiger partial charge >= 0.3 is 11.9 Å². The first-order chi connectivity index (χ1) is 8.01. The Balaban J connectivity index is 4.62. The van der Waals surface area contributed by atoms with Crippen LogP contribution in [0.4, 0.5) is 0 Å². The predicted octanol–water partition coefficient (Wildman–Crippen LogP) is 3.30. The second kappa shape index (κ2) is 8.09. The summed E-state index contributed by atoms with van der Waals surface area (Å²) in [7, 11) is 0. The van der Waals surface area contributed by atoms with Gasteiger partial charge in [0, 0.05) is 0 Å². The van der Waals surface area contributed by atoms with Gasteiger partial charge in [0.2, 0.25) is 0 Å². The third-order valence-corrected chi connectivity index (χ3v) is 3.23. The van der Waals surface area contributed by atoms with E-state index in [9.17, 15) is 19.8 Å². The number of carboxylic acids is 2. The lowest BCUT2D eigenvalue weighted by atomic mass is 9.78. The highest BCUT2D eigenvalue weighted by Gasteiger charge is 2.45. The third-order valence-electron chi connectivity index (χ3n) is 3.23. The van der Waals surface area contributed by atoms with Gasteiger partial charge in [0.15, 0.2) is 5.41 Å². The molecule has 0 aromatic heterocycles. The molecule has 0 spiro atoms. The fourth-order valence-corrected chi connectivity index (χ4v) is 2.00. The van der Waals surface area contributed by atoms with Crippen molar-refractivity contribution in [2.45, 2.75) is 65.2 Å². The van der Waals surface area contributed by atoms with E-state index in [0.29, 0.717) is 12.8 Å². The largest absolute Gasteiger partial charge is 0.480 e. The first-order valence-corrected chi connectivity index (χ1v) is 6.48. The lowest BCUT2D eigenvalue weighted by molar-refractivity contribution is -0.166. The van der Waals surface area contributed by atoms with Crippen molar-refractivity contribution in [2.75, 3.05) is 0 Å². The van der Waals surface area contributed by atoms with E-state index in [1.54, 1.807) is 0 Å². The van der Waals surface area contributed by atoms with E-state index in [1.165, 1.54) is 0 Å². The predicted molar refractivity (Wildman–Crippen MR) is 66.0 cm³/mol. The number of rotatable bonds is 10. The second-order valence-corrected chi connectivity index (χ2v) is 4.61. The Morgan fingerprint density at radius 2 is 1.18 bits per heavy atom. The number of aliphatic carboxylic acids is 2. The molecule has 0 rings (SSSR count). The summed E-state index contributed by atoms with van der Waals surface area (Å²) in [5, 5.41) is 18.4. The molecule has 17 heavy (non-hydrogen) atoms. The van der Waals surface area contributed by atoms with Gasteiger partial charge < -0.3 is 10.2 Å². The average Bonchev–Trinajstić information content (AvgIpc) is 2.26. The molecule has 4 heteroatoms. The molecule has 100 valence electrons. The van der Waals surface area contributed by atoms with Crippen molar-refractivity contribution < 1.29 is 19.8 Å². The Kier molecular flexibility index (Phi) is 7.59. The van der Waals surface area contributed by atoms with Crippen LogP contribution in [-0.4, -0.2) is 22.2 Å². The normalized spacial score (nSPS) is 11.4. The lowest BCUT2D eigenvalue weighted by Crippen LogP contribution is -2.39. The van der Waals surface area contributed by atoms with E-state index in [4.69, 9.17) is 0 Å². The third kappa shape index (κ3) is 4.75. The van der Waals surface area contributed by atoms with Crippen LogP contribution in [-0.2, 0) is 9.59 Å². The van der Waals surface area contributed by atoms with E-state index in [1.807, 2.05) is 13.8 Å². The molecule has 4 nitrogen and oxygen atoms in total. The Labute approximate surface area is 103 Å². The number of carbonyl (C=O) groups is 2. The maximum absolute atomic E-state index is 11.3. The Morgan fingerprint density at radius 3 is 1.41 bits per heavy atom. The van der Waals surface area contributed by atoms with E-state index in [-0.39, 0.29) is 12.8 Å². The van der Waals surface area contributed by atoms with Crippen molar-refractivity contribution in [3.63, 3.8) is 0 Å². The molecule has 0 radical (unpaired) electrons. The molecule has 0 aromatic rings. The van der Waals surface area contributed by atoms with Crippen LogP contribution in [0.25, 0.3) is 0 Å². The maximum Gasteiger partial charge on any atom is 0.321 e. The Morgan fingerprint density at radius 1 is 0.824 bits per heavy atom. The average molecular weight is 244 g/mol. The number of hydrogen-bond acceptors (Lipinski definition) is 2. The van der Waals surface area contributed by atoms with Crippen molar-refractivity contribution >= 4 is 11.9 Å². The molecule has 0 saturated heterocycles. The van der Waals surface area contributed by atoms with Crippen LogP contribution < -0.4 is 0 Å². The van der Waals surface area contributed by atoms with E-state index in [2.05, 4.69) is 0 Å². The second-order valence-electron chi connectivity index (χ2n) is 4.61. The van der Waals surface area contributed by atoms with Crippen LogP contribution in [0.1, 0.15) is 65.2 Å². The number of hydrogen-bond donors (Lipinski definition) is 2. The Hall–Kier alpha value is -1.06. The maximum atomic E-state index is 11.3. The van der Waals surface area contributed by atoms with Crippen molar-refractivity contribution in [1.29, 1.82) is 0 Å². The molecular weight excluding hydrogens is 220 g/mol. The summed E-state index contributed by atoms with van der Waals surface area (Å²) in [6, 6.07) is 0. The van der Waals surface area contributed by atoms with Crippen LogP contribution >= 0.6 is 0 Å². The van der Waals surface area contributed by atoms with Gasteiger partial charge in [-0.3, -0.25) is 9.59 Å². The van der Waals surface area contributed by atoms with Crippen LogP contribution in [0.15, 0.2) is 0 Å². The molecule has 0 aliphatic carbocycles. The van der Waals surface area contributed by atoms with Crippen LogP contribution in [0.2, 0.25) is 0 Å². The molecular formula is C13H24O4. The smallest absolute Gasteiger partial charge is 0.321 e. The molecule has 0 heterocycles. The molecule has 2 N–H and O–H groups in total.